The minimum atomic E-state index is -0.442. The van der Waals surface area contributed by atoms with E-state index in [9.17, 15) is 10.1 Å². The summed E-state index contributed by atoms with van der Waals surface area (Å²) in [6.45, 7) is 0.655. The second-order valence-electron chi connectivity index (χ2n) is 4.56. The predicted molar refractivity (Wildman–Crippen MR) is 92.5 cm³/mol. The van der Waals surface area contributed by atoms with E-state index in [-0.39, 0.29) is 5.69 Å². The lowest BCUT2D eigenvalue weighted by atomic mass is 10.1. The molecule has 7 heteroatoms. The topological polar surface area (TPSA) is 67.2 Å². The van der Waals surface area contributed by atoms with Gasteiger partial charge in [-0.2, -0.15) is 0 Å². The first kappa shape index (κ1) is 16.2. The first-order valence-corrected chi connectivity index (χ1v) is 7.37. The minimum Gasteiger partial charge on any atom is -0.362 e. The van der Waals surface area contributed by atoms with Gasteiger partial charge in [0.2, 0.25) is 0 Å². The summed E-state index contributed by atoms with van der Waals surface area (Å²) in [5.74, 6) is 0. The number of hydrogen-bond donors (Lipinski definition) is 2. The molecule has 2 aromatic carbocycles. The van der Waals surface area contributed by atoms with Gasteiger partial charge in [-0.15, -0.1) is 0 Å². The summed E-state index contributed by atoms with van der Waals surface area (Å²) < 4.78 is 0. The van der Waals surface area contributed by atoms with Crippen LogP contribution >= 0.6 is 23.8 Å². The summed E-state index contributed by atoms with van der Waals surface area (Å²) in [4.78, 5) is 10.3. The molecule has 2 aromatic rings. The number of thiocarbonyl (C=S) groups is 1. The number of nitro groups is 1. The van der Waals surface area contributed by atoms with Crippen LogP contribution < -0.4 is 10.6 Å². The van der Waals surface area contributed by atoms with Crippen LogP contribution in [0, 0.1) is 10.1 Å². The van der Waals surface area contributed by atoms with Crippen molar-refractivity contribution in [2.45, 2.75) is 6.42 Å². The zero-order valence-corrected chi connectivity index (χ0v) is 13.2. The van der Waals surface area contributed by atoms with Gasteiger partial charge < -0.3 is 10.6 Å². The van der Waals surface area contributed by atoms with Gasteiger partial charge in [0.1, 0.15) is 0 Å². The average Bonchev–Trinajstić information content (AvgIpc) is 2.49. The fourth-order valence-electron chi connectivity index (χ4n) is 1.84. The summed E-state index contributed by atoms with van der Waals surface area (Å²) in [6.07, 6.45) is 0.800. The van der Waals surface area contributed by atoms with E-state index in [0.717, 1.165) is 12.0 Å². The Morgan fingerprint density at radius 3 is 2.64 bits per heavy atom. The van der Waals surface area contributed by atoms with Crippen LogP contribution in [0.15, 0.2) is 48.5 Å². The summed E-state index contributed by atoms with van der Waals surface area (Å²) in [5.41, 5.74) is 1.75. The van der Waals surface area contributed by atoms with Crippen molar-refractivity contribution >= 4 is 40.3 Å². The lowest BCUT2D eigenvalue weighted by Crippen LogP contribution is -2.30. The first-order chi connectivity index (χ1) is 10.5. The Kier molecular flexibility index (Phi) is 5.68. The summed E-state index contributed by atoms with van der Waals surface area (Å²) >= 11 is 11.0. The van der Waals surface area contributed by atoms with E-state index in [1.165, 1.54) is 12.1 Å². The van der Waals surface area contributed by atoms with Crippen molar-refractivity contribution in [3.05, 3.63) is 69.2 Å². The van der Waals surface area contributed by atoms with Gasteiger partial charge in [-0.25, -0.2) is 0 Å². The van der Waals surface area contributed by atoms with Crippen LogP contribution in [0.5, 0.6) is 0 Å². The average molecular weight is 336 g/mol. The number of rotatable bonds is 5. The van der Waals surface area contributed by atoms with Gasteiger partial charge in [0, 0.05) is 29.4 Å². The van der Waals surface area contributed by atoms with Crippen LogP contribution in [-0.2, 0) is 6.42 Å². The number of benzene rings is 2. The smallest absolute Gasteiger partial charge is 0.271 e. The van der Waals surface area contributed by atoms with E-state index in [0.29, 0.717) is 22.4 Å². The Morgan fingerprint density at radius 1 is 1.23 bits per heavy atom. The lowest BCUT2D eigenvalue weighted by molar-refractivity contribution is -0.384. The van der Waals surface area contributed by atoms with Crippen LogP contribution in [0.25, 0.3) is 0 Å². The molecular weight excluding hydrogens is 322 g/mol. The van der Waals surface area contributed by atoms with Gasteiger partial charge in [-0.1, -0.05) is 29.8 Å². The highest BCUT2D eigenvalue weighted by molar-refractivity contribution is 7.80. The fourth-order valence-corrected chi connectivity index (χ4v) is 2.19. The maximum absolute atomic E-state index is 10.7. The van der Waals surface area contributed by atoms with Crippen molar-refractivity contribution < 1.29 is 4.92 Å². The molecule has 0 aliphatic heterocycles. The molecule has 0 spiro atoms. The van der Waals surface area contributed by atoms with Gasteiger partial charge in [0.05, 0.1) is 4.92 Å². The van der Waals surface area contributed by atoms with E-state index in [1.807, 2.05) is 24.3 Å². The number of nitro benzene ring substituents is 1. The monoisotopic (exact) mass is 335 g/mol. The number of anilines is 1. The predicted octanol–water partition coefficient (Wildman–Crippen LogP) is 3.78. The molecular formula is C15H14ClN3O2S. The molecule has 0 fully saturated rings. The van der Waals surface area contributed by atoms with Crippen LogP contribution in [0.4, 0.5) is 11.4 Å². The third-order valence-corrected chi connectivity index (χ3v) is 3.43. The van der Waals surface area contributed by atoms with Gasteiger partial charge in [0.25, 0.3) is 5.69 Å². The van der Waals surface area contributed by atoms with Gasteiger partial charge in [-0.05, 0) is 42.4 Å². The van der Waals surface area contributed by atoms with Crippen LogP contribution in [0.3, 0.4) is 0 Å². The molecule has 0 aliphatic carbocycles. The molecule has 0 heterocycles. The molecule has 5 nitrogen and oxygen atoms in total. The number of nitrogens with zero attached hydrogens (tertiary/aromatic N) is 1. The molecule has 2 N–H and O–H groups in total. The van der Waals surface area contributed by atoms with Gasteiger partial charge >= 0.3 is 0 Å². The molecule has 0 bridgehead atoms. The molecule has 0 saturated heterocycles. The maximum Gasteiger partial charge on any atom is 0.271 e. The Bertz CT molecular complexity index is 677. The third kappa shape index (κ3) is 4.98. The number of hydrogen-bond acceptors (Lipinski definition) is 3. The van der Waals surface area contributed by atoms with Gasteiger partial charge in [0.15, 0.2) is 5.11 Å². The highest BCUT2D eigenvalue weighted by atomic mass is 35.5. The molecule has 114 valence electrons. The highest BCUT2D eigenvalue weighted by Gasteiger charge is 2.06. The Labute approximate surface area is 138 Å². The van der Waals surface area contributed by atoms with Crippen molar-refractivity contribution in [1.29, 1.82) is 0 Å². The van der Waals surface area contributed by atoms with Gasteiger partial charge in [-0.3, -0.25) is 10.1 Å². The van der Waals surface area contributed by atoms with Crippen LogP contribution in [0.2, 0.25) is 5.02 Å². The Hall–Kier alpha value is -2.18. The fraction of sp³-hybridized carbons (Fsp3) is 0.133. The van der Waals surface area contributed by atoms with E-state index in [2.05, 4.69) is 10.6 Å². The second-order valence-corrected chi connectivity index (χ2v) is 5.41. The van der Waals surface area contributed by atoms with E-state index < -0.39 is 4.92 Å². The summed E-state index contributed by atoms with van der Waals surface area (Å²) in [5, 5.41) is 17.8. The molecule has 22 heavy (non-hydrogen) atoms. The van der Waals surface area contributed by atoms with Crippen molar-refractivity contribution in [3.8, 4) is 0 Å². The maximum atomic E-state index is 10.7. The summed E-state index contributed by atoms with van der Waals surface area (Å²) in [7, 11) is 0. The summed E-state index contributed by atoms with van der Waals surface area (Å²) in [6, 6.07) is 13.8. The quantitative estimate of drug-likeness (QED) is 0.494. The van der Waals surface area contributed by atoms with E-state index >= 15 is 0 Å². The number of non-ortho nitro benzene ring substituents is 1. The Morgan fingerprint density at radius 2 is 1.95 bits per heavy atom. The molecule has 0 aromatic heterocycles. The van der Waals surface area contributed by atoms with Crippen molar-refractivity contribution in [2.24, 2.45) is 0 Å². The Balaban J connectivity index is 1.81. The molecule has 2 rings (SSSR count). The minimum absolute atomic E-state index is 0.0222. The molecule has 0 unspecified atom stereocenters. The standard InChI is InChI=1S/C15H14ClN3O2S/c16-12-6-4-11(5-7-12)8-9-17-15(22)18-13-2-1-3-14(10-13)19(20)21/h1-7,10H,8-9H2,(H2,17,18,22). The van der Waals surface area contributed by atoms with Crippen molar-refractivity contribution in [1.82, 2.24) is 5.32 Å². The molecule has 0 atom stereocenters. The lowest BCUT2D eigenvalue weighted by Gasteiger charge is -2.10. The van der Waals surface area contributed by atoms with Crippen molar-refractivity contribution in [2.75, 3.05) is 11.9 Å². The number of halogens is 1. The SMILES string of the molecule is O=[N+]([O-])c1cccc(NC(=S)NCCc2ccc(Cl)cc2)c1. The number of nitrogens with one attached hydrogen (secondary N) is 2. The van der Waals surface area contributed by atoms with Crippen LogP contribution in [0.1, 0.15) is 5.56 Å². The highest BCUT2D eigenvalue weighted by Crippen LogP contribution is 2.16. The zero-order valence-electron chi connectivity index (χ0n) is 11.6. The second kappa shape index (κ2) is 7.72. The third-order valence-electron chi connectivity index (χ3n) is 2.93. The molecule has 0 saturated carbocycles. The normalized spacial score (nSPS) is 10.0. The van der Waals surface area contributed by atoms with E-state index in [1.54, 1.807) is 12.1 Å². The zero-order chi connectivity index (χ0) is 15.9. The largest absolute Gasteiger partial charge is 0.362 e. The van der Waals surface area contributed by atoms with Crippen LogP contribution in [-0.4, -0.2) is 16.6 Å². The molecule has 0 aliphatic rings. The van der Waals surface area contributed by atoms with Crippen molar-refractivity contribution in [3.63, 3.8) is 0 Å². The first-order valence-electron chi connectivity index (χ1n) is 6.58. The van der Waals surface area contributed by atoms with E-state index in [4.69, 9.17) is 23.8 Å². The molecule has 0 amide bonds. The molecule has 0 radical (unpaired) electrons.